The van der Waals surface area contributed by atoms with Crippen LogP contribution in [-0.4, -0.2) is 34.0 Å². The molecule has 2 aliphatic rings. The van der Waals surface area contributed by atoms with Crippen molar-refractivity contribution in [2.24, 2.45) is 5.92 Å². The zero-order valence-corrected chi connectivity index (χ0v) is 9.80. The van der Waals surface area contributed by atoms with Gasteiger partial charge in [-0.3, -0.25) is 0 Å². The first-order chi connectivity index (χ1) is 8.17. The van der Waals surface area contributed by atoms with E-state index in [0.717, 1.165) is 38.8 Å². The van der Waals surface area contributed by atoms with Gasteiger partial charge in [-0.15, -0.1) is 0 Å². The minimum atomic E-state index is -0.472. The van der Waals surface area contributed by atoms with Gasteiger partial charge < -0.3 is 20.2 Å². The van der Waals surface area contributed by atoms with Crippen molar-refractivity contribution in [3.8, 4) is 0 Å². The first-order valence-corrected chi connectivity index (χ1v) is 6.24. The fourth-order valence-corrected chi connectivity index (χ4v) is 3.10. The molecule has 1 saturated heterocycles. The molecule has 94 valence electrons. The van der Waals surface area contributed by atoms with Gasteiger partial charge in [0.25, 0.3) is 0 Å². The quantitative estimate of drug-likeness (QED) is 0.751. The van der Waals surface area contributed by atoms with Crippen LogP contribution in [0.15, 0.2) is 4.42 Å². The van der Waals surface area contributed by atoms with Crippen LogP contribution in [-0.2, 0) is 0 Å². The fraction of sp³-hybridized carbons (Fsp3) is 0.818. The van der Waals surface area contributed by atoms with E-state index in [1.165, 1.54) is 6.42 Å². The van der Waals surface area contributed by atoms with Crippen molar-refractivity contribution in [1.29, 1.82) is 0 Å². The molecule has 6 heteroatoms. The van der Waals surface area contributed by atoms with E-state index in [0.29, 0.717) is 11.9 Å². The van der Waals surface area contributed by atoms with Crippen molar-refractivity contribution in [3.63, 3.8) is 0 Å². The zero-order valence-electron chi connectivity index (χ0n) is 9.80. The highest BCUT2D eigenvalue weighted by molar-refractivity contribution is 5.29. The third-order valence-corrected chi connectivity index (χ3v) is 4.13. The molecule has 0 amide bonds. The number of hydrogen-bond donors (Lipinski definition) is 2. The van der Waals surface area contributed by atoms with Gasteiger partial charge in [0.15, 0.2) is 0 Å². The maximum Gasteiger partial charge on any atom is 0.319 e. The Morgan fingerprint density at radius 3 is 3.00 bits per heavy atom. The number of anilines is 2. The van der Waals surface area contributed by atoms with Crippen LogP contribution in [0.2, 0.25) is 0 Å². The summed E-state index contributed by atoms with van der Waals surface area (Å²) in [5, 5.41) is 18.1. The first kappa shape index (κ1) is 10.8. The Hall–Kier alpha value is -1.30. The fourth-order valence-electron chi connectivity index (χ4n) is 3.10. The van der Waals surface area contributed by atoms with Gasteiger partial charge in [-0.1, -0.05) is 23.0 Å². The Morgan fingerprint density at radius 2 is 2.24 bits per heavy atom. The summed E-state index contributed by atoms with van der Waals surface area (Å²) in [6, 6.07) is 0.583. The summed E-state index contributed by atoms with van der Waals surface area (Å²) in [6.45, 7) is 1.55. The molecule has 2 unspecified atom stereocenters. The monoisotopic (exact) mass is 238 g/mol. The average molecular weight is 238 g/mol. The molecule has 1 aliphatic carbocycles. The molecule has 0 aromatic carbocycles. The van der Waals surface area contributed by atoms with Crippen LogP contribution in [0.5, 0.6) is 0 Å². The molecule has 2 fully saturated rings. The molecule has 1 aromatic rings. The smallest absolute Gasteiger partial charge is 0.319 e. The van der Waals surface area contributed by atoms with Gasteiger partial charge >= 0.3 is 12.0 Å². The summed E-state index contributed by atoms with van der Waals surface area (Å²) in [5.41, 5.74) is 4.95. The summed E-state index contributed by atoms with van der Waals surface area (Å²) >= 11 is 0. The topological polar surface area (TPSA) is 88.4 Å². The molecule has 0 radical (unpaired) electrons. The number of nitrogen functional groups attached to an aromatic ring is 1. The molecule has 0 bridgehead atoms. The molecule has 2 heterocycles. The number of nitrogens with two attached hydrogens (primary N) is 1. The second kappa shape index (κ2) is 3.87. The van der Waals surface area contributed by atoms with Crippen LogP contribution < -0.4 is 10.6 Å². The van der Waals surface area contributed by atoms with Gasteiger partial charge in [0.2, 0.25) is 0 Å². The Kier molecular flexibility index (Phi) is 2.47. The summed E-state index contributed by atoms with van der Waals surface area (Å²) in [5.74, 6) is 0.318. The highest BCUT2D eigenvalue weighted by atomic mass is 16.4. The van der Waals surface area contributed by atoms with E-state index in [1.807, 2.05) is 4.90 Å². The summed E-state index contributed by atoms with van der Waals surface area (Å²) in [4.78, 5) is 2.04. The van der Waals surface area contributed by atoms with Gasteiger partial charge in [0.05, 0.1) is 5.60 Å². The predicted octanol–water partition coefficient (Wildman–Crippen LogP) is 0.783. The van der Waals surface area contributed by atoms with Crippen molar-refractivity contribution >= 4 is 12.0 Å². The average Bonchev–Trinajstić information content (AvgIpc) is 2.75. The molecule has 0 spiro atoms. The predicted molar refractivity (Wildman–Crippen MR) is 62.4 cm³/mol. The molecular formula is C11H18N4O2. The zero-order chi connectivity index (χ0) is 11.9. The lowest BCUT2D eigenvalue weighted by atomic mass is 9.71. The highest BCUT2D eigenvalue weighted by Crippen LogP contribution is 2.40. The summed E-state index contributed by atoms with van der Waals surface area (Å²) in [6.07, 6.45) is 5.13. The second-order valence-corrected chi connectivity index (χ2v) is 5.17. The number of aromatic nitrogens is 2. The minimum Gasteiger partial charge on any atom is -0.390 e. The third-order valence-electron chi connectivity index (χ3n) is 4.13. The van der Waals surface area contributed by atoms with E-state index >= 15 is 0 Å². The van der Waals surface area contributed by atoms with Gasteiger partial charge in [-0.2, -0.15) is 0 Å². The van der Waals surface area contributed by atoms with E-state index in [1.54, 1.807) is 0 Å². The van der Waals surface area contributed by atoms with E-state index in [9.17, 15) is 5.11 Å². The lowest BCUT2D eigenvalue weighted by Gasteiger charge is -2.46. The van der Waals surface area contributed by atoms with Crippen LogP contribution in [0.4, 0.5) is 12.0 Å². The lowest BCUT2D eigenvalue weighted by Crippen LogP contribution is -2.53. The Labute approximate surface area is 99.8 Å². The molecule has 17 heavy (non-hydrogen) atoms. The minimum absolute atomic E-state index is 0.101. The van der Waals surface area contributed by atoms with Gasteiger partial charge in [0, 0.05) is 19.0 Å². The Bertz CT molecular complexity index is 408. The number of piperidine rings is 1. The molecular weight excluding hydrogens is 220 g/mol. The number of hydrogen-bond acceptors (Lipinski definition) is 6. The third kappa shape index (κ3) is 1.86. The SMILES string of the molecule is Nc1nnc(N2CCC3(O)CCCCC3C2)o1. The molecule has 3 rings (SSSR count). The van der Waals surface area contributed by atoms with Crippen molar-refractivity contribution < 1.29 is 9.52 Å². The molecule has 1 saturated carbocycles. The van der Waals surface area contributed by atoms with Gasteiger partial charge in [-0.05, 0) is 19.3 Å². The highest BCUT2D eigenvalue weighted by Gasteiger charge is 2.43. The normalized spacial score (nSPS) is 33.5. The first-order valence-electron chi connectivity index (χ1n) is 6.24. The van der Waals surface area contributed by atoms with Crippen molar-refractivity contribution in [3.05, 3.63) is 0 Å². The van der Waals surface area contributed by atoms with E-state index in [2.05, 4.69) is 10.2 Å². The van der Waals surface area contributed by atoms with Crippen LogP contribution in [0.1, 0.15) is 32.1 Å². The van der Waals surface area contributed by atoms with Crippen LogP contribution in [0.3, 0.4) is 0 Å². The maximum atomic E-state index is 10.5. The van der Waals surface area contributed by atoms with E-state index in [-0.39, 0.29) is 6.01 Å². The Balaban J connectivity index is 1.75. The molecule has 1 aromatic heterocycles. The molecule has 3 N–H and O–H groups in total. The van der Waals surface area contributed by atoms with Gasteiger partial charge in [0.1, 0.15) is 0 Å². The maximum absolute atomic E-state index is 10.5. The van der Waals surface area contributed by atoms with Crippen LogP contribution in [0.25, 0.3) is 0 Å². The largest absolute Gasteiger partial charge is 0.390 e. The summed E-state index contributed by atoms with van der Waals surface area (Å²) in [7, 11) is 0. The van der Waals surface area contributed by atoms with E-state index < -0.39 is 5.60 Å². The number of nitrogens with zero attached hydrogens (tertiary/aromatic N) is 3. The van der Waals surface area contributed by atoms with Crippen LogP contribution in [0, 0.1) is 5.92 Å². The van der Waals surface area contributed by atoms with Gasteiger partial charge in [-0.25, -0.2) is 0 Å². The molecule has 6 nitrogen and oxygen atoms in total. The van der Waals surface area contributed by atoms with Crippen molar-refractivity contribution in [1.82, 2.24) is 10.2 Å². The lowest BCUT2D eigenvalue weighted by molar-refractivity contribution is -0.0618. The molecule has 1 aliphatic heterocycles. The standard InChI is InChI=1S/C11H18N4O2/c12-9-13-14-10(17-9)15-6-5-11(16)4-2-1-3-8(11)7-15/h8,16H,1-7H2,(H2,12,13). The second-order valence-electron chi connectivity index (χ2n) is 5.17. The number of fused-ring (bicyclic) bond motifs is 1. The summed E-state index contributed by atoms with van der Waals surface area (Å²) < 4.78 is 5.24. The Morgan fingerprint density at radius 1 is 1.35 bits per heavy atom. The number of rotatable bonds is 1. The number of aliphatic hydroxyl groups is 1. The van der Waals surface area contributed by atoms with Crippen molar-refractivity contribution in [2.75, 3.05) is 23.7 Å². The van der Waals surface area contributed by atoms with E-state index in [4.69, 9.17) is 10.2 Å². The van der Waals surface area contributed by atoms with Crippen molar-refractivity contribution in [2.45, 2.75) is 37.7 Å². The van der Waals surface area contributed by atoms with Crippen LogP contribution >= 0.6 is 0 Å². The molecule has 2 atom stereocenters.